The van der Waals surface area contributed by atoms with Crippen molar-refractivity contribution in [2.24, 2.45) is 4.99 Å². The lowest BCUT2D eigenvalue weighted by Gasteiger charge is -2.34. The molecule has 0 spiro atoms. The second kappa shape index (κ2) is 8.05. The van der Waals surface area contributed by atoms with Crippen LogP contribution in [0.5, 0.6) is 17.2 Å². The fourth-order valence-corrected chi connectivity index (χ4v) is 4.34. The van der Waals surface area contributed by atoms with Crippen LogP contribution < -0.4 is 14.2 Å². The SMILES string of the molecule is COC(=O)C1=C(C)N=C2SC(C#N)C(=N)N2C1c1cc(OC)c(OC)c(OC)c1. The van der Waals surface area contributed by atoms with Gasteiger partial charge in [0.2, 0.25) is 5.75 Å². The number of benzene rings is 1. The molecule has 9 nitrogen and oxygen atoms in total. The minimum absolute atomic E-state index is 0.0453. The zero-order valence-electron chi connectivity index (χ0n) is 16.6. The third kappa shape index (κ3) is 3.27. The number of nitrogens with zero attached hydrogens (tertiary/aromatic N) is 3. The predicted molar refractivity (Wildman–Crippen MR) is 108 cm³/mol. The zero-order chi connectivity index (χ0) is 21.3. The van der Waals surface area contributed by atoms with E-state index in [9.17, 15) is 10.1 Å². The van der Waals surface area contributed by atoms with Crippen LogP contribution in [0, 0.1) is 16.7 Å². The molecule has 10 heteroatoms. The van der Waals surface area contributed by atoms with E-state index >= 15 is 0 Å². The lowest BCUT2D eigenvalue weighted by atomic mass is 9.93. The fourth-order valence-electron chi connectivity index (χ4n) is 3.34. The molecule has 0 bridgehead atoms. The Kier molecular flexibility index (Phi) is 5.70. The van der Waals surface area contributed by atoms with E-state index in [0.717, 1.165) is 0 Å². The van der Waals surface area contributed by atoms with Gasteiger partial charge in [-0.15, -0.1) is 0 Å². The predicted octanol–water partition coefficient (Wildman–Crippen LogP) is 2.49. The van der Waals surface area contributed by atoms with Gasteiger partial charge in [0.25, 0.3) is 0 Å². The van der Waals surface area contributed by atoms with Crippen molar-refractivity contribution >= 4 is 28.7 Å². The summed E-state index contributed by atoms with van der Waals surface area (Å²) in [6.45, 7) is 1.70. The van der Waals surface area contributed by atoms with Gasteiger partial charge < -0.3 is 18.9 Å². The molecule has 1 fully saturated rings. The summed E-state index contributed by atoms with van der Waals surface area (Å²) in [7, 11) is 5.78. The summed E-state index contributed by atoms with van der Waals surface area (Å²) in [6.07, 6.45) is 0. The number of fused-ring (bicyclic) bond motifs is 1. The molecule has 1 saturated heterocycles. The Labute approximate surface area is 172 Å². The first-order valence-electron chi connectivity index (χ1n) is 8.53. The van der Waals surface area contributed by atoms with Crippen LogP contribution in [0.4, 0.5) is 0 Å². The highest BCUT2D eigenvalue weighted by molar-refractivity contribution is 8.15. The first kappa shape index (κ1) is 20.5. The number of rotatable bonds is 5. The van der Waals surface area contributed by atoms with Crippen LogP contribution in [0.1, 0.15) is 18.5 Å². The maximum absolute atomic E-state index is 12.6. The van der Waals surface area contributed by atoms with Gasteiger partial charge in [0.05, 0.1) is 51.8 Å². The molecule has 2 aliphatic rings. The summed E-state index contributed by atoms with van der Waals surface area (Å²) in [5, 5.41) is 17.6. The Morgan fingerprint density at radius 1 is 1.21 bits per heavy atom. The standard InChI is InChI=1S/C19H20N4O5S/c1-9-14(18(24)28-5)15(23-17(21)13(8-20)29-19(23)22-9)10-6-11(25-2)16(27-4)12(7-10)26-3/h6-7,13,15,21H,1-5H3. The maximum atomic E-state index is 12.6. The summed E-state index contributed by atoms with van der Waals surface area (Å²) >= 11 is 1.17. The number of hydrogen-bond donors (Lipinski definition) is 1. The minimum Gasteiger partial charge on any atom is -0.493 e. The van der Waals surface area contributed by atoms with Crippen molar-refractivity contribution in [2.75, 3.05) is 28.4 Å². The van der Waals surface area contributed by atoms with Gasteiger partial charge >= 0.3 is 5.97 Å². The third-order valence-electron chi connectivity index (χ3n) is 4.65. The summed E-state index contributed by atoms with van der Waals surface area (Å²) in [5.74, 6) is 0.696. The zero-order valence-corrected chi connectivity index (χ0v) is 17.4. The number of aliphatic imine (C=N–C) groups is 1. The van der Waals surface area contributed by atoms with E-state index in [4.69, 9.17) is 24.4 Å². The van der Waals surface area contributed by atoms with Gasteiger partial charge in [0, 0.05) is 0 Å². The molecule has 29 heavy (non-hydrogen) atoms. The van der Waals surface area contributed by atoms with Crippen LogP contribution in [0.3, 0.4) is 0 Å². The van der Waals surface area contributed by atoms with Crippen molar-refractivity contribution in [1.82, 2.24) is 4.90 Å². The Bertz CT molecular complexity index is 956. The minimum atomic E-state index is -0.734. The smallest absolute Gasteiger partial charge is 0.338 e. The second-order valence-electron chi connectivity index (χ2n) is 6.13. The van der Waals surface area contributed by atoms with E-state index in [1.165, 1.54) is 40.2 Å². The number of nitriles is 1. The van der Waals surface area contributed by atoms with Gasteiger partial charge in [-0.05, 0) is 24.6 Å². The van der Waals surface area contributed by atoms with E-state index < -0.39 is 17.3 Å². The highest BCUT2D eigenvalue weighted by Crippen LogP contribution is 2.47. The summed E-state index contributed by atoms with van der Waals surface area (Å²) in [4.78, 5) is 18.6. The molecule has 0 radical (unpaired) electrons. The normalized spacial score (nSPS) is 20.6. The highest BCUT2D eigenvalue weighted by Gasteiger charge is 2.46. The molecule has 0 aliphatic carbocycles. The summed E-state index contributed by atoms with van der Waals surface area (Å²) in [5.41, 5.74) is 1.34. The number of carbonyl (C=O) groups is 1. The van der Waals surface area contributed by atoms with Gasteiger partial charge in [-0.25, -0.2) is 9.79 Å². The monoisotopic (exact) mass is 416 g/mol. The van der Waals surface area contributed by atoms with Crippen LogP contribution in [0.2, 0.25) is 0 Å². The molecule has 152 valence electrons. The number of nitrogens with one attached hydrogen (secondary N) is 1. The third-order valence-corrected chi connectivity index (χ3v) is 5.71. The van der Waals surface area contributed by atoms with Crippen molar-refractivity contribution in [3.05, 3.63) is 29.0 Å². The van der Waals surface area contributed by atoms with Crippen molar-refractivity contribution < 1.29 is 23.7 Å². The average molecular weight is 416 g/mol. The first-order valence-corrected chi connectivity index (χ1v) is 9.41. The summed E-state index contributed by atoms with van der Waals surface area (Å²) < 4.78 is 21.2. The Morgan fingerprint density at radius 2 is 1.83 bits per heavy atom. The number of ether oxygens (including phenoxy) is 4. The van der Waals surface area contributed by atoms with Gasteiger partial charge in [-0.3, -0.25) is 10.3 Å². The molecule has 2 atom stereocenters. The van der Waals surface area contributed by atoms with Crippen LogP contribution in [-0.4, -0.2) is 55.6 Å². The van der Waals surface area contributed by atoms with Crippen LogP contribution in [0.25, 0.3) is 0 Å². The molecular weight excluding hydrogens is 396 g/mol. The number of carbonyl (C=O) groups excluding carboxylic acids is 1. The molecule has 3 rings (SSSR count). The molecule has 0 amide bonds. The lowest BCUT2D eigenvalue weighted by molar-refractivity contribution is -0.136. The van der Waals surface area contributed by atoms with Gasteiger partial charge in [-0.1, -0.05) is 11.8 Å². The molecule has 0 aromatic heterocycles. The number of hydrogen-bond acceptors (Lipinski definition) is 9. The maximum Gasteiger partial charge on any atom is 0.338 e. The van der Waals surface area contributed by atoms with E-state index in [-0.39, 0.29) is 11.4 Å². The number of amidine groups is 2. The molecule has 1 N–H and O–H groups in total. The van der Waals surface area contributed by atoms with Crippen LogP contribution >= 0.6 is 11.8 Å². The van der Waals surface area contributed by atoms with Gasteiger partial charge in [-0.2, -0.15) is 5.26 Å². The van der Waals surface area contributed by atoms with Gasteiger partial charge in [0.1, 0.15) is 5.84 Å². The van der Waals surface area contributed by atoms with Gasteiger partial charge in [0.15, 0.2) is 21.9 Å². The molecule has 2 heterocycles. The fraction of sp³-hybridized carbons (Fsp3) is 0.368. The van der Waals surface area contributed by atoms with Crippen molar-refractivity contribution in [3.63, 3.8) is 0 Å². The number of thioether (sulfide) groups is 1. The van der Waals surface area contributed by atoms with E-state index in [1.807, 2.05) is 0 Å². The first-order chi connectivity index (χ1) is 13.9. The van der Waals surface area contributed by atoms with E-state index in [2.05, 4.69) is 11.1 Å². The Hall–Kier alpha value is -3.19. The molecule has 1 aromatic rings. The lowest BCUT2D eigenvalue weighted by Crippen LogP contribution is -2.40. The molecule has 0 saturated carbocycles. The molecular formula is C19H20N4O5S. The Morgan fingerprint density at radius 3 is 2.31 bits per heavy atom. The van der Waals surface area contributed by atoms with E-state index in [1.54, 1.807) is 24.0 Å². The number of allylic oxidation sites excluding steroid dienone is 1. The van der Waals surface area contributed by atoms with Crippen molar-refractivity contribution in [1.29, 1.82) is 10.7 Å². The number of esters is 1. The second-order valence-corrected chi connectivity index (χ2v) is 7.20. The van der Waals surface area contributed by atoms with Crippen molar-refractivity contribution in [3.8, 4) is 23.3 Å². The quantitative estimate of drug-likeness (QED) is 0.728. The topological polar surface area (TPSA) is 117 Å². The Balaban J connectivity index is 2.26. The average Bonchev–Trinajstić information content (AvgIpc) is 3.05. The summed E-state index contributed by atoms with van der Waals surface area (Å²) in [6, 6.07) is 4.78. The van der Waals surface area contributed by atoms with Crippen LogP contribution in [-0.2, 0) is 9.53 Å². The highest BCUT2D eigenvalue weighted by atomic mass is 32.2. The van der Waals surface area contributed by atoms with Crippen LogP contribution in [0.15, 0.2) is 28.4 Å². The molecule has 1 aromatic carbocycles. The molecule has 2 unspecified atom stereocenters. The van der Waals surface area contributed by atoms with E-state index in [0.29, 0.717) is 33.7 Å². The number of methoxy groups -OCH3 is 4. The van der Waals surface area contributed by atoms with Crippen molar-refractivity contribution in [2.45, 2.75) is 18.2 Å². The molecule has 2 aliphatic heterocycles. The largest absolute Gasteiger partial charge is 0.493 e.